The fourth-order valence-corrected chi connectivity index (χ4v) is 2.57. The average molecular weight is 279 g/mol. The number of hydrogen-bond donors (Lipinski definition) is 1. The van der Waals surface area contributed by atoms with Crippen LogP contribution in [-0.4, -0.2) is 31.9 Å². The Morgan fingerprint density at radius 1 is 1.25 bits per heavy atom. The Bertz CT molecular complexity index is 415. The molecular weight excluding hydrogens is 250 g/mol. The van der Waals surface area contributed by atoms with E-state index in [1.807, 2.05) is 13.0 Å². The fourth-order valence-electron chi connectivity index (χ4n) is 2.57. The number of methoxy groups -OCH3 is 1. The van der Waals surface area contributed by atoms with Crippen LogP contribution in [0.1, 0.15) is 38.8 Å². The van der Waals surface area contributed by atoms with E-state index in [1.165, 1.54) is 11.1 Å². The highest BCUT2D eigenvalue weighted by Gasteiger charge is 2.30. The number of hydrogen-bond acceptors (Lipinski definition) is 3. The summed E-state index contributed by atoms with van der Waals surface area (Å²) in [5, 5.41) is 3.55. The largest absolute Gasteiger partial charge is 0.496 e. The van der Waals surface area contributed by atoms with E-state index in [2.05, 4.69) is 45.1 Å². The zero-order chi connectivity index (χ0) is 15.2. The Hall–Kier alpha value is -1.06. The van der Waals surface area contributed by atoms with Crippen LogP contribution in [0.5, 0.6) is 5.75 Å². The van der Waals surface area contributed by atoms with Crippen molar-refractivity contribution in [2.75, 3.05) is 20.3 Å². The molecule has 0 saturated carbocycles. The molecule has 0 radical (unpaired) electrons. The molecule has 0 amide bonds. The van der Waals surface area contributed by atoms with Gasteiger partial charge in [0.2, 0.25) is 0 Å². The van der Waals surface area contributed by atoms with E-state index in [1.54, 1.807) is 7.11 Å². The summed E-state index contributed by atoms with van der Waals surface area (Å²) in [6, 6.07) is 6.58. The van der Waals surface area contributed by atoms with Crippen molar-refractivity contribution in [3.05, 3.63) is 29.3 Å². The second-order valence-corrected chi connectivity index (χ2v) is 5.67. The molecule has 3 heteroatoms. The third-order valence-electron chi connectivity index (χ3n) is 3.67. The van der Waals surface area contributed by atoms with E-state index >= 15 is 0 Å². The van der Waals surface area contributed by atoms with Crippen LogP contribution in [0.15, 0.2) is 18.2 Å². The predicted octanol–water partition coefficient (Wildman–Crippen LogP) is 3.34. The first-order chi connectivity index (χ1) is 9.44. The lowest BCUT2D eigenvalue weighted by atomic mass is 9.91. The fraction of sp³-hybridized carbons (Fsp3) is 0.647. The molecule has 0 fully saturated rings. The van der Waals surface area contributed by atoms with Crippen LogP contribution in [-0.2, 0) is 11.2 Å². The molecule has 1 aromatic carbocycles. The third-order valence-corrected chi connectivity index (χ3v) is 3.67. The van der Waals surface area contributed by atoms with E-state index in [4.69, 9.17) is 9.47 Å². The highest BCUT2D eigenvalue weighted by molar-refractivity contribution is 5.37. The molecule has 0 aliphatic carbocycles. The minimum Gasteiger partial charge on any atom is -0.496 e. The molecule has 0 bridgehead atoms. The van der Waals surface area contributed by atoms with Gasteiger partial charge in [-0.3, -0.25) is 0 Å². The summed E-state index contributed by atoms with van der Waals surface area (Å²) in [4.78, 5) is 0. The molecule has 0 spiro atoms. The summed E-state index contributed by atoms with van der Waals surface area (Å²) >= 11 is 0. The van der Waals surface area contributed by atoms with Crippen LogP contribution in [0.3, 0.4) is 0 Å². The maximum Gasteiger partial charge on any atom is 0.122 e. The molecule has 0 heterocycles. The van der Waals surface area contributed by atoms with E-state index in [-0.39, 0.29) is 11.6 Å². The summed E-state index contributed by atoms with van der Waals surface area (Å²) in [6.07, 6.45) is 0.895. The molecule has 0 saturated heterocycles. The summed E-state index contributed by atoms with van der Waals surface area (Å²) in [7, 11) is 1.73. The van der Waals surface area contributed by atoms with Crippen molar-refractivity contribution < 1.29 is 9.47 Å². The summed E-state index contributed by atoms with van der Waals surface area (Å²) < 4.78 is 11.4. The Labute approximate surface area is 123 Å². The van der Waals surface area contributed by atoms with Crippen molar-refractivity contribution in [3.8, 4) is 5.75 Å². The quantitative estimate of drug-likeness (QED) is 0.791. The number of nitrogens with one attached hydrogen (secondary N) is 1. The van der Waals surface area contributed by atoms with E-state index in [0.29, 0.717) is 0 Å². The Kier molecular flexibility index (Phi) is 6.50. The van der Waals surface area contributed by atoms with Gasteiger partial charge in [-0.1, -0.05) is 24.6 Å². The van der Waals surface area contributed by atoms with Crippen molar-refractivity contribution in [3.63, 3.8) is 0 Å². The summed E-state index contributed by atoms with van der Waals surface area (Å²) in [5.41, 5.74) is 2.27. The third kappa shape index (κ3) is 4.50. The SMILES string of the molecule is CCNC(Cc1cc(C)ccc1OC)C(C)(C)OCC. The van der Waals surface area contributed by atoms with Crippen LogP contribution in [0.4, 0.5) is 0 Å². The van der Waals surface area contributed by atoms with Crippen LogP contribution >= 0.6 is 0 Å². The zero-order valence-electron chi connectivity index (χ0n) is 13.7. The van der Waals surface area contributed by atoms with Gasteiger partial charge in [0.25, 0.3) is 0 Å². The minimum absolute atomic E-state index is 0.209. The van der Waals surface area contributed by atoms with Gasteiger partial charge in [0.15, 0.2) is 0 Å². The van der Waals surface area contributed by atoms with Crippen molar-refractivity contribution in [2.45, 2.75) is 52.7 Å². The molecule has 1 unspecified atom stereocenters. The second kappa shape index (κ2) is 7.65. The van der Waals surface area contributed by atoms with Crippen LogP contribution in [0, 0.1) is 6.92 Å². The minimum atomic E-state index is -0.209. The maximum atomic E-state index is 5.92. The Morgan fingerprint density at radius 2 is 1.95 bits per heavy atom. The van der Waals surface area contributed by atoms with Crippen molar-refractivity contribution in [1.82, 2.24) is 5.32 Å². The Morgan fingerprint density at radius 3 is 2.50 bits per heavy atom. The Balaban J connectivity index is 2.98. The number of aryl methyl sites for hydroxylation is 1. The smallest absolute Gasteiger partial charge is 0.122 e. The van der Waals surface area contributed by atoms with E-state index < -0.39 is 0 Å². The van der Waals surface area contributed by atoms with Gasteiger partial charge in [0, 0.05) is 12.6 Å². The highest BCUT2D eigenvalue weighted by Crippen LogP contribution is 2.25. The van der Waals surface area contributed by atoms with Gasteiger partial charge < -0.3 is 14.8 Å². The van der Waals surface area contributed by atoms with Crippen molar-refractivity contribution >= 4 is 0 Å². The lowest BCUT2D eigenvalue weighted by Gasteiger charge is -2.35. The van der Waals surface area contributed by atoms with Crippen molar-refractivity contribution in [1.29, 1.82) is 0 Å². The topological polar surface area (TPSA) is 30.5 Å². The molecule has 0 aliphatic rings. The molecule has 1 atom stereocenters. The molecule has 1 aromatic rings. The van der Waals surface area contributed by atoms with Crippen molar-refractivity contribution in [2.24, 2.45) is 0 Å². The van der Waals surface area contributed by atoms with Crippen LogP contribution < -0.4 is 10.1 Å². The first-order valence-corrected chi connectivity index (χ1v) is 7.45. The van der Waals surface area contributed by atoms with Gasteiger partial charge in [-0.15, -0.1) is 0 Å². The first-order valence-electron chi connectivity index (χ1n) is 7.45. The predicted molar refractivity (Wildman–Crippen MR) is 84.6 cm³/mol. The van der Waals surface area contributed by atoms with Crippen LogP contribution in [0.2, 0.25) is 0 Å². The van der Waals surface area contributed by atoms with E-state index in [0.717, 1.165) is 25.3 Å². The molecule has 0 aromatic heterocycles. The monoisotopic (exact) mass is 279 g/mol. The molecule has 0 aliphatic heterocycles. The highest BCUT2D eigenvalue weighted by atomic mass is 16.5. The van der Waals surface area contributed by atoms with Gasteiger partial charge in [0.1, 0.15) is 5.75 Å². The standard InChI is InChI=1S/C17H29NO2/c1-7-18-16(17(4,5)20-8-2)12-14-11-13(3)9-10-15(14)19-6/h9-11,16,18H,7-8,12H2,1-6H3. The molecule has 1 rings (SSSR count). The molecule has 1 N–H and O–H groups in total. The molecule has 3 nitrogen and oxygen atoms in total. The summed E-state index contributed by atoms with van der Waals surface area (Å²) in [6.45, 7) is 12.2. The van der Waals surface area contributed by atoms with Gasteiger partial charge in [0.05, 0.1) is 12.7 Å². The number of benzene rings is 1. The summed E-state index contributed by atoms with van der Waals surface area (Å²) in [5.74, 6) is 0.950. The zero-order valence-corrected chi connectivity index (χ0v) is 13.7. The van der Waals surface area contributed by atoms with E-state index in [9.17, 15) is 0 Å². The van der Waals surface area contributed by atoms with Gasteiger partial charge in [-0.05, 0) is 52.3 Å². The first kappa shape index (κ1) is 17.0. The second-order valence-electron chi connectivity index (χ2n) is 5.67. The number of likely N-dealkylation sites (N-methyl/N-ethyl adjacent to an activating group) is 1. The average Bonchev–Trinajstić information content (AvgIpc) is 2.38. The van der Waals surface area contributed by atoms with Crippen LogP contribution in [0.25, 0.3) is 0 Å². The molecule has 20 heavy (non-hydrogen) atoms. The number of ether oxygens (including phenoxy) is 2. The maximum absolute atomic E-state index is 5.92. The van der Waals surface area contributed by atoms with Gasteiger partial charge >= 0.3 is 0 Å². The van der Waals surface area contributed by atoms with Gasteiger partial charge in [-0.2, -0.15) is 0 Å². The number of rotatable bonds is 8. The van der Waals surface area contributed by atoms with Gasteiger partial charge in [-0.25, -0.2) is 0 Å². The molecule has 114 valence electrons. The molecular formula is C17H29NO2. The lowest BCUT2D eigenvalue weighted by Crippen LogP contribution is -2.50. The normalized spacial score (nSPS) is 13.3. The lowest BCUT2D eigenvalue weighted by molar-refractivity contribution is -0.0377.